The van der Waals surface area contributed by atoms with Crippen LogP contribution in [0.25, 0.3) is 0 Å². The molecule has 0 aliphatic rings. The van der Waals surface area contributed by atoms with Crippen molar-refractivity contribution in [1.29, 1.82) is 5.26 Å². The molecule has 0 saturated heterocycles. The van der Waals surface area contributed by atoms with Crippen LogP contribution in [0.5, 0.6) is 0 Å². The summed E-state index contributed by atoms with van der Waals surface area (Å²) in [5, 5.41) is 11.8. The van der Waals surface area contributed by atoms with E-state index in [4.69, 9.17) is 14.3 Å². The second-order valence-electron chi connectivity index (χ2n) is 3.61. The third-order valence-electron chi connectivity index (χ3n) is 2.34. The van der Waals surface area contributed by atoms with Crippen LogP contribution in [-0.2, 0) is 13.6 Å². The largest absolute Gasteiger partial charge is 0.330 e. The first-order valence-electron chi connectivity index (χ1n) is 5.43. The van der Waals surface area contributed by atoms with Crippen molar-refractivity contribution in [3.63, 3.8) is 0 Å². The zero-order valence-corrected chi connectivity index (χ0v) is 11.3. The molecular weight excluding hydrogens is 227 g/mol. The molecule has 0 radical (unpaired) electrons. The Morgan fingerprint density at radius 3 is 2.19 bits per heavy atom. The van der Waals surface area contributed by atoms with Gasteiger partial charge in [-0.25, -0.2) is 0 Å². The highest BCUT2D eigenvalue weighted by Crippen LogP contribution is 2.49. The van der Waals surface area contributed by atoms with Crippen LogP contribution in [0.4, 0.5) is 0 Å². The van der Waals surface area contributed by atoms with E-state index in [0.29, 0.717) is 19.6 Å². The average molecular weight is 248 g/mol. The predicted octanol–water partition coefficient (Wildman–Crippen LogP) is 2.14. The number of nitrogens with zero attached hydrogens (tertiary/aromatic N) is 1. The Morgan fingerprint density at radius 2 is 1.88 bits per heavy atom. The summed E-state index contributed by atoms with van der Waals surface area (Å²) in [5.41, 5.74) is -0.691. The first-order valence-corrected chi connectivity index (χ1v) is 7.16. The average Bonchev–Trinajstić information content (AvgIpc) is 2.27. The van der Waals surface area contributed by atoms with Crippen molar-refractivity contribution in [2.24, 2.45) is 0 Å². The van der Waals surface area contributed by atoms with Gasteiger partial charge in [-0.1, -0.05) is 0 Å². The maximum absolute atomic E-state index is 12.1. The summed E-state index contributed by atoms with van der Waals surface area (Å²) in [4.78, 5) is 0. The molecule has 5 nitrogen and oxygen atoms in total. The van der Waals surface area contributed by atoms with E-state index in [-0.39, 0.29) is 6.16 Å². The van der Waals surface area contributed by atoms with Crippen LogP contribution in [0.15, 0.2) is 0 Å². The van der Waals surface area contributed by atoms with E-state index in [9.17, 15) is 4.57 Å². The summed E-state index contributed by atoms with van der Waals surface area (Å²) in [5.74, 6) is 0. The summed E-state index contributed by atoms with van der Waals surface area (Å²) in [6.07, 6.45) is 0.677. The van der Waals surface area contributed by atoms with Gasteiger partial charge in [-0.15, -0.1) is 0 Å². The van der Waals surface area contributed by atoms with Crippen LogP contribution in [0.1, 0.15) is 27.2 Å². The van der Waals surface area contributed by atoms with Gasteiger partial charge in [-0.05, 0) is 34.2 Å². The van der Waals surface area contributed by atoms with Crippen LogP contribution in [0, 0.1) is 11.3 Å². The molecule has 0 aromatic rings. The van der Waals surface area contributed by atoms with Gasteiger partial charge in [0.15, 0.2) is 0 Å². The SMILES string of the molecule is CCOP(=O)(CCC(C)(C#N)NC)OCC. The molecule has 16 heavy (non-hydrogen) atoms. The van der Waals surface area contributed by atoms with Gasteiger partial charge in [0.2, 0.25) is 0 Å². The Balaban J connectivity index is 4.44. The summed E-state index contributed by atoms with van der Waals surface area (Å²) in [6.45, 7) is 6.00. The highest BCUT2D eigenvalue weighted by Gasteiger charge is 2.29. The van der Waals surface area contributed by atoms with Gasteiger partial charge < -0.3 is 14.4 Å². The van der Waals surface area contributed by atoms with Crippen LogP contribution < -0.4 is 5.32 Å². The molecule has 0 aliphatic heterocycles. The van der Waals surface area contributed by atoms with Crippen molar-refractivity contribution >= 4 is 7.60 Å². The quantitative estimate of drug-likeness (QED) is 0.666. The van der Waals surface area contributed by atoms with Gasteiger partial charge in [0.25, 0.3) is 0 Å². The molecule has 94 valence electrons. The molecule has 0 spiro atoms. The van der Waals surface area contributed by atoms with Gasteiger partial charge in [-0.2, -0.15) is 5.26 Å². The smallest absolute Gasteiger partial charge is 0.309 e. The van der Waals surface area contributed by atoms with Crippen LogP contribution in [-0.4, -0.2) is 32.0 Å². The van der Waals surface area contributed by atoms with Crippen LogP contribution >= 0.6 is 7.60 Å². The minimum absolute atomic E-state index is 0.250. The third kappa shape index (κ3) is 5.09. The maximum atomic E-state index is 12.1. The molecule has 0 bridgehead atoms. The van der Waals surface area contributed by atoms with Gasteiger partial charge in [-0.3, -0.25) is 4.57 Å². The number of nitriles is 1. The number of hydrogen-bond donors (Lipinski definition) is 1. The Labute approximate surface area is 97.7 Å². The summed E-state index contributed by atoms with van der Waals surface area (Å²) < 4.78 is 22.4. The first kappa shape index (κ1) is 15.6. The van der Waals surface area contributed by atoms with E-state index in [1.807, 2.05) is 0 Å². The molecule has 0 fully saturated rings. The van der Waals surface area contributed by atoms with Crippen molar-refractivity contribution in [1.82, 2.24) is 5.32 Å². The van der Waals surface area contributed by atoms with E-state index in [0.717, 1.165) is 0 Å². The fourth-order valence-electron chi connectivity index (χ4n) is 1.16. The van der Waals surface area contributed by atoms with Gasteiger partial charge >= 0.3 is 7.60 Å². The summed E-state index contributed by atoms with van der Waals surface area (Å²) in [7, 11) is -1.33. The number of nitrogens with one attached hydrogen (secondary N) is 1. The normalized spacial score (nSPS) is 15.4. The molecule has 0 aromatic carbocycles. The lowest BCUT2D eigenvalue weighted by Gasteiger charge is -2.23. The summed E-state index contributed by atoms with van der Waals surface area (Å²) >= 11 is 0. The van der Waals surface area contributed by atoms with E-state index < -0.39 is 13.1 Å². The first-order chi connectivity index (χ1) is 7.45. The van der Waals surface area contributed by atoms with Gasteiger partial charge in [0.1, 0.15) is 5.54 Å². The Kier molecular flexibility index (Phi) is 6.85. The molecule has 0 amide bonds. The zero-order valence-electron chi connectivity index (χ0n) is 10.4. The van der Waals surface area contributed by atoms with E-state index in [1.54, 1.807) is 27.8 Å². The molecule has 0 rings (SSSR count). The van der Waals surface area contributed by atoms with Gasteiger partial charge in [0, 0.05) is 0 Å². The van der Waals surface area contributed by atoms with Crippen LogP contribution in [0.2, 0.25) is 0 Å². The predicted molar refractivity (Wildman–Crippen MR) is 63.4 cm³/mol. The van der Waals surface area contributed by atoms with E-state index in [1.165, 1.54) is 0 Å². The number of rotatable bonds is 8. The Morgan fingerprint density at radius 1 is 1.38 bits per heavy atom. The molecule has 0 aromatic heterocycles. The molecule has 1 unspecified atom stereocenters. The molecule has 6 heteroatoms. The maximum Gasteiger partial charge on any atom is 0.330 e. The highest BCUT2D eigenvalue weighted by atomic mass is 31.2. The fourth-order valence-corrected chi connectivity index (χ4v) is 3.00. The lowest BCUT2D eigenvalue weighted by atomic mass is 10.0. The molecule has 0 heterocycles. The topological polar surface area (TPSA) is 71.4 Å². The van der Waals surface area contributed by atoms with E-state index >= 15 is 0 Å². The molecule has 0 saturated carbocycles. The fraction of sp³-hybridized carbons (Fsp3) is 0.900. The zero-order chi connectivity index (χ0) is 12.7. The second-order valence-corrected chi connectivity index (χ2v) is 5.80. The van der Waals surface area contributed by atoms with Crippen molar-refractivity contribution in [2.75, 3.05) is 26.4 Å². The Hall–Kier alpha value is -0.400. The van der Waals surface area contributed by atoms with Crippen molar-refractivity contribution in [3.8, 4) is 6.07 Å². The van der Waals surface area contributed by atoms with Crippen LogP contribution in [0.3, 0.4) is 0 Å². The summed E-state index contributed by atoms with van der Waals surface area (Å²) in [6, 6.07) is 2.14. The molecular formula is C10H21N2O3P. The number of hydrogen-bond acceptors (Lipinski definition) is 5. The lowest BCUT2D eigenvalue weighted by molar-refractivity contribution is 0.218. The minimum atomic E-state index is -3.03. The third-order valence-corrected chi connectivity index (χ3v) is 4.41. The van der Waals surface area contributed by atoms with Gasteiger partial charge in [0.05, 0.1) is 25.4 Å². The Bertz CT molecular complexity index is 280. The highest BCUT2D eigenvalue weighted by molar-refractivity contribution is 7.53. The van der Waals surface area contributed by atoms with Crippen molar-refractivity contribution in [3.05, 3.63) is 0 Å². The minimum Gasteiger partial charge on any atom is -0.309 e. The van der Waals surface area contributed by atoms with Crippen molar-refractivity contribution < 1.29 is 13.6 Å². The lowest BCUT2D eigenvalue weighted by Crippen LogP contribution is -2.38. The second kappa shape index (κ2) is 7.03. The molecule has 1 N–H and O–H groups in total. The standard InChI is InChI=1S/C10H21N2O3P/c1-5-14-16(13,15-6-2)8-7-10(3,9-11)12-4/h12H,5-8H2,1-4H3. The monoisotopic (exact) mass is 248 g/mol. The van der Waals surface area contributed by atoms with E-state index in [2.05, 4.69) is 11.4 Å². The van der Waals surface area contributed by atoms with Crippen molar-refractivity contribution in [2.45, 2.75) is 32.7 Å². The molecule has 0 aliphatic carbocycles. The molecule has 1 atom stereocenters.